The van der Waals surface area contributed by atoms with Crippen molar-refractivity contribution in [1.29, 1.82) is 0 Å². The third-order valence-corrected chi connectivity index (χ3v) is 13.0. The van der Waals surface area contributed by atoms with E-state index in [4.69, 9.17) is 35.4 Å². The molecule has 0 atom stereocenters. The molecule has 0 saturated heterocycles. The second kappa shape index (κ2) is 18.0. The molecule has 4 aromatic carbocycles. The van der Waals surface area contributed by atoms with Crippen LogP contribution in [-0.2, 0) is 54.9 Å². The molecule has 0 fully saturated rings. The number of hydrogen-bond donors (Lipinski definition) is 0. The Balaban J connectivity index is 1.07. The molecule has 4 heterocycles. The fourth-order valence-corrected chi connectivity index (χ4v) is 9.96. The number of carbonyl (C=O) groups is 1. The maximum absolute atomic E-state index is 13.8. The summed E-state index contributed by atoms with van der Waals surface area (Å²) in [6.45, 7) is 5.52. The first kappa shape index (κ1) is 40.0. The van der Waals surface area contributed by atoms with E-state index < -0.39 is 0 Å². The van der Waals surface area contributed by atoms with Crippen molar-refractivity contribution in [2.24, 2.45) is 7.05 Å². The molecule has 0 N–H and O–H groups in total. The summed E-state index contributed by atoms with van der Waals surface area (Å²) in [5, 5.41) is 13.2. The Morgan fingerprint density at radius 1 is 0.966 bits per heavy atom. The number of methoxy groups -OCH3 is 1. The van der Waals surface area contributed by atoms with Crippen molar-refractivity contribution in [1.82, 2.24) is 19.5 Å². The van der Waals surface area contributed by atoms with E-state index in [0.29, 0.717) is 35.9 Å². The molecular formula is C46H47ClN4O5S2. The number of fused-ring (bicyclic) bond motifs is 3. The van der Waals surface area contributed by atoms with Crippen molar-refractivity contribution in [3.63, 3.8) is 0 Å². The van der Waals surface area contributed by atoms with Crippen molar-refractivity contribution in [2.75, 3.05) is 20.3 Å². The summed E-state index contributed by atoms with van der Waals surface area (Å²) in [6.07, 6.45) is 4.06. The van der Waals surface area contributed by atoms with Crippen LogP contribution in [0.1, 0.15) is 71.1 Å². The number of thioether (sulfide) groups is 2. The average molecular weight is 835 g/mol. The minimum atomic E-state index is -0.346. The minimum absolute atomic E-state index is 0.278. The van der Waals surface area contributed by atoms with Gasteiger partial charge < -0.3 is 23.3 Å². The molecule has 3 aromatic heterocycles. The summed E-state index contributed by atoms with van der Waals surface area (Å²) in [4.78, 5) is 14.9. The molecule has 1 aliphatic rings. The van der Waals surface area contributed by atoms with Gasteiger partial charge in [-0.1, -0.05) is 66.1 Å². The molecule has 58 heavy (non-hydrogen) atoms. The number of hydrogen-bond acceptors (Lipinski definition) is 9. The van der Waals surface area contributed by atoms with E-state index in [-0.39, 0.29) is 12.6 Å². The Labute approximate surface area is 352 Å². The molecule has 12 heteroatoms. The number of rotatable bonds is 17. The van der Waals surface area contributed by atoms with E-state index in [2.05, 4.69) is 59.2 Å². The zero-order chi connectivity index (χ0) is 40.2. The van der Waals surface area contributed by atoms with Crippen molar-refractivity contribution in [3.8, 4) is 22.6 Å². The molecule has 0 saturated carbocycles. The molecule has 0 radical (unpaired) electrons. The summed E-state index contributed by atoms with van der Waals surface area (Å²) in [7, 11) is 3.63. The number of aryl methyl sites for hydroxylation is 4. The zero-order valence-corrected chi connectivity index (χ0v) is 35.7. The molecule has 0 unspecified atom stereocenters. The number of esters is 1. The smallest absolute Gasteiger partial charge is 0.355 e. The second-order valence-corrected chi connectivity index (χ2v) is 16.8. The van der Waals surface area contributed by atoms with E-state index in [1.807, 2.05) is 54.9 Å². The van der Waals surface area contributed by atoms with Crippen LogP contribution in [-0.4, -0.2) is 45.8 Å². The highest BCUT2D eigenvalue weighted by Gasteiger charge is 2.30. The summed E-state index contributed by atoms with van der Waals surface area (Å²) in [5.74, 6) is 4.48. The molecule has 8 rings (SSSR count). The third kappa shape index (κ3) is 8.22. The quantitative estimate of drug-likeness (QED) is 0.0505. The Hall–Kier alpha value is -4.84. The first-order valence-corrected chi connectivity index (χ1v) is 22.4. The van der Waals surface area contributed by atoms with Crippen molar-refractivity contribution >= 4 is 62.8 Å². The largest absolute Gasteiger partial charge is 0.497 e. The first-order valence-electron chi connectivity index (χ1n) is 19.9. The molecule has 0 aliphatic carbocycles. The monoisotopic (exact) mass is 834 g/mol. The van der Waals surface area contributed by atoms with Crippen LogP contribution in [0.2, 0.25) is 5.02 Å². The van der Waals surface area contributed by atoms with E-state index in [0.717, 1.165) is 109 Å². The maximum Gasteiger partial charge on any atom is 0.355 e. The molecule has 1 aliphatic heterocycles. The lowest BCUT2D eigenvalue weighted by atomic mass is 9.97. The Bertz CT molecular complexity index is 2580. The number of halogens is 1. The van der Waals surface area contributed by atoms with Crippen LogP contribution >= 0.6 is 35.1 Å². The highest BCUT2D eigenvalue weighted by atomic mass is 35.5. The molecule has 0 bridgehead atoms. The lowest BCUT2D eigenvalue weighted by molar-refractivity contribution is 0.0514. The normalized spacial score (nSPS) is 12.4. The van der Waals surface area contributed by atoms with Crippen molar-refractivity contribution in [3.05, 3.63) is 124 Å². The molecule has 7 aromatic rings. The molecular weight excluding hydrogens is 788 g/mol. The van der Waals surface area contributed by atoms with Gasteiger partial charge in [-0.25, -0.2) is 4.79 Å². The Kier molecular flexibility index (Phi) is 12.4. The highest BCUT2D eigenvalue weighted by molar-refractivity contribution is 7.98. The lowest BCUT2D eigenvalue weighted by Crippen LogP contribution is -2.13. The van der Waals surface area contributed by atoms with Gasteiger partial charge in [0.2, 0.25) is 0 Å². The van der Waals surface area contributed by atoms with E-state index in [1.54, 1.807) is 30.6 Å². The van der Waals surface area contributed by atoms with Gasteiger partial charge >= 0.3 is 5.97 Å². The van der Waals surface area contributed by atoms with Crippen molar-refractivity contribution < 1.29 is 23.5 Å². The fraction of sp³-hybridized carbons (Fsp3) is 0.326. The molecule has 300 valence electrons. The van der Waals surface area contributed by atoms with Crippen LogP contribution in [0, 0.1) is 0 Å². The van der Waals surface area contributed by atoms with E-state index >= 15 is 0 Å². The van der Waals surface area contributed by atoms with Gasteiger partial charge in [0.1, 0.15) is 23.0 Å². The minimum Gasteiger partial charge on any atom is -0.497 e. The summed E-state index contributed by atoms with van der Waals surface area (Å²) >= 11 is 10.7. The Morgan fingerprint density at radius 2 is 1.81 bits per heavy atom. The number of benzene rings is 4. The van der Waals surface area contributed by atoms with Crippen LogP contribution in [0.3, 0.4) is 0 Å². The van der Waals surface area contributed by atoms with E-state index in [1.165, 1.54) is 11.3 Å². The number of ether oxygens (including phenoxy) is 3. The van der Waals surface area contributed by atoms with Crippen LogP contribution < -0.4 is 9.47 Å². The molecule has 0 spiro atoms. The topological polar surface area (TPSA) is 93.5 Å². The molecule has 9 nitrogen and oxygen atoms in total. The third-order valence-electron chi connectivity index (χ3n) is 10.7. The van der Waals surface area contributed by atoms with Crippen LogP contribution in [0.25, 0.3) is 32.8 Å². The predicted molar refractivity (Wildman–Crippen MR) is 235 cm³/mol. The van der Waals surface area contributed by atoms with Gasteiger partial charge in [-0.3, -0.25) is 4.68 Å². The van der Waals surface area contributed by atoms with Crippen LogP contribution in [0.4, 0.5) is 0 Å². The van der Waals surface area contributed by atoms with Gasteiger partial charge in [-0.05, 0) is 79.5 Å². The number of aromatic nitrogens is 4. The van der Waals surface area contributed by atoms with Gasteiger partial charge in [0.05, 0.1) is 42.3 Å². The lowest BCUT2D eigenvalue weighted by Gasteiger charge is -2.13. The molecule has 0 amide bonds. The van der Waals surface area contributed by atoms with Crippen molar-refractivity contribution in [2.45, 2.75) is 74.7 Å². The number of carbonyl (C=O) groups excluding carboxylic acids is 1. The van der Waals surface area contributed by atoms with Gasteiger partial charge in [-0.2, -0.15) is 5.10 Å². The SMILES string of the molecule is CCOC(=O)c1c(CCCOc2cc(SCc3ccc(OC)cc3)cc3ccccc23)c2ccc(Cl)c(-c3c(CSCc4cc(CC)on4)nn4c3CCC4)c2n1C. The van der Waals surface area contributed by atoms with Gasteiger partial charge in [0.15, 0.2) is 0 Å². The Morgan fingerprint density at radius 3 is 2.60 bits per heavy atom. The maximum atomic E-state index is 13.8. The van der Waals surface area contributed by atoms with E-state index in [9.17, 15) is 4.79 Å². The standard InChI is InChI=1S/C46H47ClN4O5S2/c1-5-32-24-31(49-56-32)27-57-28-39-43(40-14-9-21-51(40)48-39)42-38(47)20-19-37-36(45(46(52)54-6-2)50(3)44(37)42)13-10-22-55-41-25-34(23-30-11-7-8-12-35(30)41)58-26-29-15-17-33(53-4)18-16-29/h7-8,11-12,15-20,23-25H,5-6,9-10,13-14,21-22,26-28H2,1-4H3. The number of nitrogens with zero attached hydrogens (tertiary/aromatic N) is 4. The first-order chi connectivity index (χ1) is 28.4. The summed E-state index contributed by atoms with van der Waals surface area (Å²) in [5.41, 5.74) is 8.69. The van der Waals surface area contributed by atoms with Gasteiger partial charge in [0, 0.05) is 75.8 Å². The van der Waals surface area contributed by atoms with Gasteiger partial charge in [0.25, 0.3) is 0 Å². The zero-order valence-electron chi connectivity index (χ0n) is 33.3. The van der Waals surface area contributed by atoms with Crippen LogP contribution in [0.5, 0.6) is 11.5 Å². The van der Waals surface area contributed by atoms with Gasteiger partial charge in [-0.15, -0.1) is 23.5 Å². The second-order valence-electron chi connectivity index (χ2n) is 14.4. The average Bonchev–Trinajstić information content (AvgIpc) is 4.03. The highest BCUT2D eigenvalue weighted by Crippen LogP contribution is 2.44. The van der Waals surface area contributed by atoms with Crippen LogP contribution in [0.15, 0.2) is 88.3 Å². The summed E-state index contributed by atoms with van der Waals surface area (Å²) in [6, 6.07) is 26.9. The fourth-order valence-electron chi connectivity index (χ4n) is 7.94. The summed E-state index contributed by atoms with van der Waals surface area (Å²) < 4.78 is 27.2. The predicted octanol–water partition coefficient (Wildman–Crippen LogP) is 11.3.